The van der Waals surface area contributed by atoms with Crippen LogP contribution in [0.1, 0.15) is 18.9 Å². The van der Waals surface area contributed by atoms with Crippen LogP contribution in [0.25, 0.3) is 0 Å². The molecule has 2 rings (SSSR count). The maximum Gasteiger partial charge on any atom is 0.254 e. The minimum Gasteiger partial charge on any atom is -0.232 e. The Morgan fingerprint density at radius 1 is 1.30 bits per heavy atom. The summed E-state index contributed by atoms with van der Waals surface area (Å²) in [5, 5.41) is 0. The van der Waals surface area contributed by atoms with Gasteiger partial charge in [-0.15, -0.1) is 0 Å². The predicted molar refractivity (Wildman–Crippen MR) is 81.5 cm³/mol. The fraction of sp³-hybridized carbons (Fsp3) is 0.308. The molecule has 4 nitrogen and oxygen atoms in total. The lowest BCUT2D eigenvalue weighted by Gasteiger charge is -2.20. The van der Waals surface area contributed by atoms with Gasteiger partial charge in [-0.2, -0.15) is 4.31 Å². The van der Waals surface area contributed by atoms with E-state index in [-0.39, 0.29) is 8.68 Å². The molecule has 0 amide bonds. The zero-order valence-electron chi connectivity index (χ0n) is 11.0. The minimum absolute atomic E-state index is 0.187. The van der Waals surface area contributed by atoms with Crippen molar-refractivity contribution < 1.29 is 8.42 Å². The first-order valence-corrected chi connectivity index (χ1v) is 8.83. The highest BCUT2D eigenvalue weighted by Gasteiger charge is 2.26. The molecule has 0 N–H and O–H groups in total. The van der Waals surface area contributed by atoms with Crippen molar-refractivity contribution in [2.45, 2.75) is 24.1 Å². The van der Waals surface area contributed by atoms with Gasteiger partial charge in [-0.05, 0) is 12.0 Å². The Balaban J connectivity index is 2.28. The number of nitrogens with zero attached hydrogens (tertiary/aromatic N) is 2. The topological polar surface area (TPSA) is 50.3 Å². The Labute approximate surface area is 128 Å². The van der Waals surface area contributed by atoms with Crippen molar-refractivity contribution in [3.8, 4) is 0 Å². The Hall–Kier alpha value is -0.950. The van der Waals surface area contributed by atoms with Crippen LogP contribution in [0.3, 0.4) is 0 Å². The van der Waals surface area contributed by atoms with E-state index in [1.54, 1.807) is 0 Å². The van der Waals surface area contributed by atoms with Gasteiger partial charge in [0, 0.05) is 13.1 Å². The number of sulfonamides is 1. The standard InChI is InChI=1S/C13H15ClN2O2S2/c1-2-8-16(10-11-6-4-3-5-7-11)20(17,18)12-9-15-13(14)19-12/h3-7,9H,2,8,10H2,1H3. The minimum atomic E-state index is -3.54. The molecule has 1 aromatic carbocycles. The molecule has 0 atom stereocenters. The Morgan fingerprint density at radius 2 is 2.00 bits per heavy atom. The highest BCUT2D eigenvalue weighted by Crippen LogP contribution is 2.26. The molecule has 108 valence electrons. The molecule has 0 spiro atoms. The van der Waals surface area contributed by atoms with Crippen molar-refractivity contribution in [2.75, 3.05) is 6.54 Å². The Bertz CT molecular complexity index is 656. The number of benzene rings is 1. The molecule has 0 saturated carbocycles. The molecule has 0 aliphatic heterocycles. The van der Waals surface area contributed by atoms with Gasteiger partial charge in [0.15, 0.2) is 8.68 Å². The van der Waals surface area contributed by atoms with Crippen molar-refractivity contribution in [2.24, 2.45) is 0 Å². The SMILES string of the molecule is CCCN(Cc1ccccc1)S(=O)(=O)c1cnc(Cl)s1. The molecule has 7 heteroatoms. The Morgan fingerprint density at radius 3 is 2.55 bits per heavy atom. The summed E-state index contributed by atoms with van der Waals surface area (Å²) in [6.45, 7) is 2.77. The lowest BCUT2D eigenvalue weighted by atomic mass is 10.2. The van der Waals surface area contributed by atoms with E-state index in [1.807, 2.05) is 37.3 Å². The fourth-order valence-electron chi connectivity index (χ4n) is 1.81. The smallest absolute Gasteiger partial charge is 0.232 e. The lowest BCUT2D eigenvalue weighted by molar-refractivity contribution is 0.407. The number of thiazole rings is 1. The van der Waals surface area contributed by atoms with Crippen LogP contribution in [-0.2, 0) is 16.6 Å². The van der Waals surface area contributed by atoms with E-state index in [2.05, 4.69) is 4.98 Å². The third-order valence-electron chi connectivity index (χ3n) is 2.73. The average Bonchev–Trinajstić information content (AvgIpc) is 2.87. The first-order valence-electron chi connectivity index (χ1n) is 6.19. The molecule has 0 unspecified atom stereocenters. The first kappa shape index (κ1) is 15.4. The number of halogens is 1. The zero-order chi connectivity index (χ0) is 14.6. The van der Waals surface area contributed by atoms with Crippen LogP contribution >= 0.6 is 22.9 Å². The maximum absolute atomic E-state index is 12.6. The van der Waals surface area contributed by atoms with Crippen molar-refractivity contribution in [1.82, 2.24) is 9.29 Å². The number of rotatable bonds is 6. The molecule has 0 radical (unpaired) electrons. The molecule has 20 heavy (non-hydrogen) atoms. The average molecular weight is 331 g/mol. The summed E-state index contributed by atoms with van der Waals surface area (Å²) in [6.07, 6.45) is 2.06. The third kappa shape index (κ3) is 3.58. The number of hydrogen-bond donors (Lipinski definition) is 0. The van der Waals surface area contributed by atoms with Gasteiger partial charge in [0.05, 0.1) is 6.20 Å². The van der Waals surface area contributed by atoms with E-state index >= 15 is 0 Å². The van der Waals surface area contributed by atoms with Crippen LogP contribution in [0, 0.1) is 0 Å². The van der Waals surface area contributed by atoms with Gasteiger partial charge in [-0.1, -0.05) is 60.2 Å². The molecule has 1 heterocycles. The molecule has 1 aromatic heterocycles. The summed E-state index contributed by atoms with van der Waals surface area (Å²) in [5.41, 5.74) is 0.958. The van der Waals surface area contributed by atoms with Gasteiger partial charge in [-0.3, -0.25) is 0 Å². The molecule has 2 aromatic rings. The maximum atomic E-state index is 12.6. The zero-order valence-corrected chi connectivity index (χ0v) is 13.4. The largest absolute Gasteiger partial charge is 0.254 e. The van der Waals surface area contributed by atoms with E-state index in [0.29, 0.717) is 13.1 Å². The van der Waals surface area contributed by atoms with Crippen LogP contribution < -0.4 is 0 Å². The van der Waals surface area contributed by atoms with Gasteiger partial charge < -0.3 is 0 Å². The van der Waals surface area contributed by atoms with E-state index < -0.39 is 10.0 Å². The molecule has 0 aliphatic rings. The van der Waals surface area contributed by atoms with Gasteiger partial charge in [0.2, 0.25) is 0 Å². The van der Waals surface area contributed by atoms with Gasteiger partial charge >= 0.3 is 0 Å². The molecule has 0 aliphatic carbocycles. The predicted octanol–water partition coefficient (Wildman–Crippen LogP) is 3.40. The van der Waals surface area contributed by atoms with E-state index in [4.69, 9.17) is 11.6 Å². The molecule has 0 fully saturated rings. The van der Waals surface area contributed by atoms with Crippen molar-refractivity contribution in [3.05, 3.63) is 46.6 Å². The van der Waals surface area contributed by atoms with Crippen LogP contribution in [0.2, 0.25) is 4.47 Å². The molecule has 0 saturated heterocycles. The quantitative estimate of drug-likeness (QED) is 0.815. The highest BCUT2D eigenvalue weighted by molar-refractivity contribution is 7.91. The normalized spacial score (nSPS) is 11.9. The second kappa shape index (κ2) is 6.67. The van der Waals surface area contributed by atoms with Crippen LogP contribution in [0.4, 0.5) is 0 Å². The van der Waals surface area contributed by atoms with Crippen LogP contribution in [-0.4, -0.2) is 24.3 Å². The lowest BCUT2D eigenvalue weighted by Crippen LogP contribution is -2.30. The van der Waals surface area contributed by atoms with E-state index in [0.717, 1.165) is 23.3 Å². The summed E-state index contributed by atoms with van der Waals surface area (Å²) < 4.78 is 27.0. The summed E-state index contributed by atoms with van der Waals surface area (Å²) in [7, 11) is -3.54. The van der Waals surface area contributed by atoms with Gasteiger partial charge in [0.25, 0.3) is 10.0 Å². The fourth-order valence-corrected chi connectivity index (χ4v) is 4.78. The first-order chi connectivity index (χ1) is 9.54. The van der Waals surface area contributed by atoms with E-state index in [1.165, 1.54) is 10.5 Å². The second-order valence-corrected chi connectivity index (χ2v) is 8.03. The highest BCUT2D eigenvalue weighted by atomic mass is 35.5. The molecule has 0 bridgehead atoms. The van der Waals surface area contributed by atoms with Crippen molar-refractivity contribution in [1.29, 1.82) is 0 Å². The number of hydrogen-bond acceptors (Lipinski definition) is 4. The summed E-state index contributed by atoms with van der Waals surface area (Å²) in [5.74, 6) is 0. The second-order valence-electron chi connectivity index (χ2n) is 4.26. The van der Waals surface area contributed by atoms with Gasteiger partial charge in [0.1, 0.15) is 0 Å². The monoisotopic (exact) mass is 330 g/mol. The summed E-state index contributed by atoms with van der Waals surface area (Å²) >= 11 is 6.72. The molecular formula is C13H15ClN2O2S2. The van der Waals surface area contributed by atoms with Crippen molar-refractivity contribution in [3.63, 3.8) is 0 Å². The molecular weight excluding hydrogens is 316 g/mol. The van der Waals surface area contributed by atoms with Crippen molar-refractivity contribution >= 4 is 33.0 Å². The van der Waals surface area contributed by atoms with Crippen LogP contribution in [0.15, 0.2) is 40.7 Å². The number of aromatic nitrogens is 1. The Kier molecular flexibility index (Phi) is 5.15. The third-order valence-corrected chi connectivity index (χ3v) is 6.12. The summed E-state index contributed by atoms with van der Waals surface area (Å²) in [4.78, 5) is 3.81. The van der Waals surface area contributed by atoms with Gasteiger partial charge in [-0.25, -0.2) is 13.4 Å². The summed E-state index contributed by atoms with van der Waals surface area (Å²) in [6, 6.07) is 9.53. The van der Waals surface area contributed by atoms with E-state index in [9.17, 15) is 8.42 Å². The van der Waals surface area contributed by atoms with Crippen LogP contribution in [0.5, 0.6) is 0 Å².